The van der Waals surface area contributed by atoms with Crippen LogP contribution in [0.3, 0.4) is 0 Å². The molecule has 1 aromatic rings. The first-order chi connectivity index (χ1) is 10.7. The van der Waals surface area contributed by atoms with Crippen LogP contribution in [-0.2, 0) is 0 Å². The van der Waals surface area contributed by atoms with Crippen LogP contribution >= 0.6 is 0 Å². The lowest BCUT2D eigenvalue weighted by atomic mass is 9.86. The van der Waals surface area contributed by atoms with Gasteiger partial charge in [0.15, 0.2) is 0 Å². The predicted molar refractivity (Wildman–Crippen MR) is 90.4 cm³/mol. The van der Waals surface area contributed by atoms with Gasteiger partial charge in [0.1, 0.15) is 5.75 Å². The summed E-state index contributed by atoms with van der Waals surface area (Å²) < 4.78 is 5.73. The molecule has 120 valence electrons. The fraction of sp³-hybridized carbons (Fsp3) is 0.611. The van der Waals surface area contributed by atoms with E-state index in [-0.39, 0.29) is 6.10 Å². The standard InChI is InChI=1S/C18H27N3O/c1-4-10-21-11-9-17-16(12-21)18(20-19-17)14-5-7-15(8-6-14)22-13(2)3/h5-8,13,16,18,20H,4,9-12H2,1-3H3. The van der Waals surface area contributed by atoms with Crippen molar-refractivity contribution in [1.82, 2.24) is 10.3 Å². The molecule has 0 spiro atoms. The lowest BCUT2D eigenvalue weighted by Gasteiger charge is -2.33. The van der Waals surface area contributed by atoms with Gasteiger partial charge in [-0.1, -0.05) is 19.1 Å². The maximum atomic E-state index is 5.73. The van der Waals surface area contributed by atoms with Crippen molar-refractivity contribution in [2.45, 2.75) is 45.8 Å². The summed E-state index contributed by atoms with van der Waals surface area (Å²) in [5.74, 6) is 1.45. The normalized spacial score (nSPS) is 24.8. The van der Waals surface area contributed by atoms with E-state index in [0.717, 1.165) is 25.3 Å². The van der Waals surface area contributed by atoms with Crippen molar-refractivity contribution in [2.24, 2.45) is 11.0 Å². The van der Waals surface area contributed by atoms with Gasteiger partial charge in [0.05, 0.1) is 12.1 Å². The van der Waals surface area contributed by atoms with Gasteiger partial charge in [-0.05, 0) is 44.5 Å². The number of hydrogen-bond donors (Lipinski definition) is 1. The van der Waals surface area contributed by atoms with Gasteiger partial charge < -0.3 is 15.1 Å². The summed E-state index contributed by atoms with van der Waals surface area (Å²) in [4.78, 5) is 2.57. The molecule has 0 amide bonds. The van der Waals surface area contributed by atoms with Gasteiger partial charge in [-0.2, -0.15) is 5.10 Å². The minimum atomic E-state index is 0.214. The van der Waals surface area contributed by atoms with Gasteiger partial charge in [-0.15, -0.1) is 0 Å². The van der Waals surface area contributed by atoms with Crippen molar-refractivity contribution in [3.63, 3.8) is 0 Å². The maximum absolute atomic E-state index is 5.73. The van der Waals surface area contributed by atoms with Crippen LogP contribution in [0.25, 0.3) is 0 Å². The van der Waals surface area contributed by atoms with Gasteiger partial charge in [0.2, 0.25) is 0 Å². The molecule has 1 aromatic carbocycles. The lowest BCUT2D eigenvalue weighted by Crippen LogP contribution is -2.42. The van der Waals surface area contributed by atoms with Crippen LogP contribution in [-0.4, -0.2) is 36.3 Å². The zero-order valence-corrected chi connectivity index (χ0v) is 13.9. The minimum absolute atomic E-state index is 0.214. The second-order valence-electron chi connectivity index (χ2n) is 6.60. The Kier molecular flexibility index (Phi) is 4.67. The molecule has 2 atom stereocenters. The lowest BCUT2D eigenvalue weighted by molar-refractivity contribution is 0.228. The summed E-state index contributed by atoms with van der Waals surface area (Å²) in [5, 5.41) is 4.59. The Morgan fingerprint density at radius 3 is 2.77 bits per heavy atom. The zero-order chi connectivity index (χ0) is 15.5. The highest BCUT2D eigenvalue weighted by Gasteiger charge is 2.36. The fourth-order valence-electron chi connectivity index (χ4n) is 3.46. The number of hydrogen-bond acceptors (Lipinski definition) is 4. The number of rotatable bonds is 5. The van der Waals surface area contributed by atoms with Gasteiger partial charge >= 0.3 is 0 Å². The third-order valence-electron chi connectivity index (χ3n) is 4.47. The third kappa shape index (κ3) is 3.27. The molecule has 0 aromatic heterocycles. The van der Waals surface area contributed by atoms with E-state index in [4.69, 9.17) is 4.74 Å². The van der Waals surface area contributed by atoms with E-state index in [0.29, 0.717) is 12.0 Å². The van der Waals surface area contributed by atoms with Crippen LogP contribution < -0.4 is 10.2 Å². The highest BCUT2D eigenvalue weighted by atomic mass is 16.5. The second kappa shape index (κ2) is 6.69. The Balaban J connectivity index is 1.69. The Morgan fingerprint density at radius 1 is 1.32 bits per heavy atom. The van der Waals surface area contributed by atoms with E-state index in [1.807, 2.05) is 0 Å². The number of hydrazone groups is 1. The molecule has 1 fully saturated rings. The highest BCUT2D eigenvalue weighted by molar-refractivity contribution is 5.89. The van der Waals surface area contributed by atoms with E-state index in [2.05, 4.69) is 60.5 Å². The smallest absolute Gasteiger partial charge is 0.119 e. The molecule has 0 aliphatic carbocycles. The van der Waals surface area contributed by atoms with Crippen LogP contribution in [0.5, 0.6) is 5.75 Å². The SMILES string of the molecule is CCCN1CCC2=NNC(c3ccc(OC(C)C)cc3)C2C1. The Bertz CT molecular complexity index is 524. The molecule has 2 aliphatic rings. The van der Waals surface area contributed by atoms with Gasteiger partial charge in [-0.25, -0.2) is 0 Å². The highest BCUT2D eigenvalue weighted by Crippen LogP contribution is 2.33. The van der Waals surface area contributed by atoms with Gasteiger partial charge in [-0.3, -0.25) is 0 Å². The summed E-state index contributed by atoms with van der Waals surface area (Å²) in [6, 6.07) is 8.80. The van der Waals surface area contributed by atoms with Crippen molar-refractivity contribution >= 4 is 5.71 Å². The summed E-state index contributed by atoms with van der Waals surface area (Å²) in [5.41, 5.74) is 6.01. The van der Waals surface area contributed by atoms with E-state index < -0.39 is 0 Å². The molecule has 2 unspecified atom stereocenters. The van der Waals surface area contributed by atoms with Gasteiger partial charge in [0.25, 0.3) is 0 Å². The Labute approximate surface area is 133 Å². The summed E-state index contributed by atoms with van der Waals surface area (Å²) >= 11 is 0. The van der Waals surface area contributed by atoms with Crippen LogP contribution in [0.15, 0.2) is 29.4 Å². The average Bonchev–Trinajstić information content (AvgIpc) is 2.91. The van der Waals surface area contributed by atoms with Crippen LogP contribution in [0.2, 0.25) is 0 Å². The van der Waals surface area contributed by atoms with E-state index in [9.17, 15) is 0 Å². The van der Waals surface area contributed by atoms with Crippen molar-refractivity contribution in [3.8, 4) is 5.75 Å². The first-order valence-electron chi connectivity index (χ1n) is 8.48. The maximum Gasteiger partial charge on any atom is 0.119 e. The van der Waals surface area contributed by atoms with Crippen molar-refractivity contribution < 1.29 is 4.74 Å². The quantitative estimate of drug-likeness (QED) is 0.907. The van der Waals surface area contributed by atoms with Crippen molar-refractivity contribution in [3.05, 3.63) is 29.8 Å². The number of fused-ring (bicyclic) bond motifs is 1. The minimum Gasteiger partial charge on any atom is -0.491 e. The molecular weight excluding hydrogens is 274 g/mol. The predicted octanol–water partition coefficient (Wildman–Crippen LogP) is 3.21. The zero-order valence-electron chi connectivity index (χ0n) is 13.9. The average molecular weight is 301 g/mol. The number of ether oxygens (including phenoxy) is 1. The van der Waals surface area contributed by atoms with E-state index in [1.54, 1.807) is 0 Å². The molecule has 2 heterocycles. The van der Waals surface area contributed by atoms with E-state index in [1.165, 1.54) is 24.2 Å². The number of nitrogens with one attached hydrogen (secondary N) is 1. The number of likely N-dealkylation sites (tertiary alicyclic amines) is 1. The third-order valence-corrected chi connectivity index (χ3v) is 4.47. The van der Waals surface area contributed by atoms with Crippen LogP contribution in [0.1, 0.15) is 45.2 Å². The molecule has 0 radical (unpaired) electrons. The molecule has 4 nitrogen and oxygen atoms in total. The molecule has 3 rings (SSSR count). The summed E-state index contributed by atoms with van der Waals surface area (Å²) in [7, 11) is 0. The summed E-state index contributed by atoms with van der Waals surface area (Å²) in [6.07, 6.45) is 2.53. The number of nitrogens with zero attached hydrogens (tertiary/aromatic N) is 2. The molecule has 4 heteroatoms. The Morgan fingerprint density at radius 2 is 2.09 bits per heavy atom. The summed E-state index contributed by atoms with van der Waals surface area (Å²) in [6.45, 7) is 9.82. The molecule has 2 aliphatic heterocycles. The van der Waals surface area contributed by atoms with Crippen LogP contribution in [0.4, 0.5) is 0 Å². The molecule has 1 N–H and O–H groups in total. The van der Waals surface area contributed by atoms with Gasteiger partial charge in [0, 0.05) is 31.1 Å². The number of piperidine rings is 1. The molecule has 0 saturated carbocycles. The first kappa shape index (κ1) is 15.3. The number of benzene rings is 1. The molecule has 1 saturated heterocycles. The topological polar surface area (TPSA) is 36.9 Å². The molecular formula is C18H27N3O. The molecule has 0 bridgehead atoms. The largest absolute Gasteiger partial charge is 0.491 e. The van der Waals surface area contributed by atoms with Crippen LogP contribution in [0, 0.1) is 5.92 Å². The molecule has 22 heavy (non-hydrogen) atoms. The first-order valence-corrected chi connectivity index (χ1v) is 8.48. The van der Waals surface area contributed by atoms with Crippen molar-refractivity contribution in [2.75, 3.05) is 19.6 Å². The monoisotopic (exact) mass is 301 g/mol. The fourth-order valence-corrected chi connectivity index (χ4v) is 3.46. The van der Waals surface area contributed by atoms with E-state index >= 15 is 0 Å². The Hall–Kier alpha value is -1.55. The van der Waals surface area contributed by atoms with Crippen molar-refractivity contribution in [1.29, 1.82) is 0 Å². The second-order valence-corrected chi connectivity index (χ2v) is 6.60.